The van der Waals surface area contributed by atoms with Gasteiger partial charge in [-0.25, -0.2) is 0 Å². The Morgan fingerprint density at radius 2 is 1.00 bits per heavy atom. The molecule has 0 fully saturated rings. The quantitative estimate of drug-likeness (QED) is 0.540. The van der Waals surface area contributed by atoms with E-state index in [0.717, 1.165) is 22.3 Å². The first kappa shape index (κ1) is 15.3. The molecule has 15 heavy (non-hydrogen) atoms. The Balaban J connectivity index is 4.23. The number of hydrogen-bond donors (Lipinski definition) is 0. The van der Waals surface area contributed by atoms with Crippen LogP contribution in [-0.4, -0.2) is 10.5 Å². The van der Waals surface area contributed by atoms with Crippen LogP contribution < -0.4 is 0 Å². The van der Waals surface area contributed by atoms with Gasteiger partial charge in [0.25, 0.3) is 0 Å². The molecule has 0 rings (SSSR count). The van der Waals surface area contributed by atoms with Gasteiger partial charge in [0.2, 0.25) is 0 Å². The van der Waals surface area contributed by atoms with E-state index in [1.807, 2.05) is 0 Å². The molecular formula is C14H30S. The summed E-state index contributed by atoms with van der Waals surface area (Å²) in [6, 6.07) is 0. The predicted molar refractivity (Wildman–Crippen MR) is 74.7 cm³/mol. The fourth-order valence-corrected chi connectivity index (χ4v) is 3.77. The molecule has 92 valence electrons. The van der Waals surface area contributed by atoms with Gasteiger partial charge in [-0.05, 0) is 24.7 Å². The molecule has 1 heteroatoms. The molecule has 0 aliphatic heterocycles. The van der Waals surface area contributed by atoms with Crippen LogP contribution in [0, 0.1) is 11.8 Å². The molecule has 0 nitrogen and oxygen atoms in total. The smallest absolute Gasteiger partial charge is 0.00728 e. The Hall–Kier alpha value is 0.350. The Morgan fingerprint density at radius 1 is 0.667 bits per heavy atom. The summed E-state index contributed by atoms with van der Waals surface area (Å²) >= 11 is 2.26. The molecule has 0 radical (unpaired) electrons. The van der Waals surface area contributed by atoms with Gasteiger partial charge in [-0.3, -0.25) is 0 Å². The van der Waals surface area contributed by atoms with Crippen molar-refractivity contribution in [3.05, 3.63) is 0 Å². The van der Waals surface area contributed by atoms with Crippen LogP contribution in [0.25, 0.3) is 0 Å². The molecular weight excluding hydrogens is 200 g/mol. The van der Waals surface area contributed by atoms with Crippen molar-refractivity contribution < 1.29 is 0 Å². The fraction of sp³-hybridized carbons (Fsp3) is 1.00. The molecule has 0 aromatic carbocycles. The van der Waals surface area contributed by atoms with E-state index in [1.54, 1.807) is 0 Å². The van der Waals surface area contributed by atoms with Gasteiger partial charge in [-0.2, -0.15) is 11.8 Å². The summed E-state index contributed by atoms with van der Waals surface area (Å²) in [5.41, 5.74) is 0. The van der Waals surface area contributed by atoms with E-state index in [1.165, 1.54) is 25.7 Å². The van der Waals surface area contributed by atoms with E-state index in [9.17, 15) is 0 Å². The lowest BCUT2D eigenvalue weighted by molar-refractivity contribution is 0.497. The first-order chi connectivity index (χ1) is 7.10. The second-order valence-corrected chi connectivity index (χ2v) is 6.28. The second kappa shape index (κ2) is 8.50. The van der Waals surface area contributed by atoms with Gasteiger partial charge in [-0.1, -0.05) is 54.4 Å². The van der Waals surface area contributed by atoms with Crippen LogP contribution in [0.3, 0.4) is 0 Å². The minimum Gasteiger partial charge on any atom is -0.155 e. The molecule has 0 N–H and O–H groups in total. The molecule has 0 spiro atoms. The van der Waals surface area contributed by atoms with Crippen molar-refractivity contribution in [3.8, 4) is 0 Å². The summed E-state index contributed by atoms with van der Waals surface area (Å²) in [5.74, 6) is 1.75. The zero-order valence-electron chi connectivity index (χ0n) is 11.5. The van der Waals surface area contributed by atoms with Crippen molar-refractivity contribution in [2.45, 2.75) is 77.7 Å². The maximum Gasteiger partial charge on any atom is 0.00728 e. The Kier molecular flexibility index (Phi) is 8.69. The molecule has 0 aromatic heterocycles. The average Bonchev–Trinajstić information content (AvgIpc) is 2.28. The van der Waals surface area contributed by atoms with Crippen LogP contribution in [0.2, 0.25) is 0 Å². The maximum absolute atomic E-state index is 2.41. The van der Waals surface area contributed by atoms with Crippen LogP contribution >= 0.6 is 11.8 Å². The molecule has 0 saturated heterocycles. The lowest BCUT2D eigenvalue weighted by Crippen LogP contribution is -2.21. The van der Waals surface area contributed by atoms with Crippen molar-refractivity contribution in [2.24, 2.45) is 11.8 Å². The van der Waals surface area contributed by atoms with Crippen LogP contribution in [-0.2, 0) is 0 Å². The van der Waals surface area contributed by atoms with Crippen LogP contribution in [0.4, 0.5) is 0 Å². The van der Waals surface area contributed by atoms with Crippen molar-refractivity contribution in [1.82, 2.24) is 0 Å². The lowest BCUT2D eigenvalue weighted by Gasteiger charge is -2.29. The summed E-state index contributed by atoms with van der Waals surface area (Å²) in [4.78, 5) is 0. The highest BCUT2D eigenvalue weighted by molar-refractivity contribution is 8.00. The fourth-order valence-electron chi connectivity index (χ4n) is 2.02. The van der Waals surface area contributed by atoms with Gasteiger partial charge in [0.15, 0.2) is 0 Å². The van der Waals surface area contributed by atoms with E-state index in [2.05, 4.69) is 53.3 Å². The highest BCUT2D eigenvalue weighted by Gasteiger charge is 2.22. The third kappa shape index (κ3) is 5.29. The van der Waals surface area contributed by atoms with Crippen molar-refractivity contribution in [3.63, 3.8) is 0 Å². The second-order valence-electron chi connectivity index (χ2n) is 4.80. The molecule has 4 atom stereocenters. The zero-order valence-corrected chi connectivity index (χ0v) is 12.4. The van der Waals surface area contributed by atoms with Gasteiger partial charge in [-0.15, -0.1) is 0 Å². The highest BCUT2D eigenvalue weighted by atomic mass is 32.2. The number of thioether (sulfide) groups is 1. The molecule has 0 heterocycles. The largest absolute Gasteiger partial charge is 0.155 e. The highest BCUT2D eigenvalue weighted by Crippen LogP contribution is 2.34. The molecule has 0 aromatic rings. The molecule has 0 amide bonds. The van der Waals surface area contributed by atoms with Gasteiger partial charge in [0.05, 0.1) is 0 Å². The van der Waals surface area contributed by atoms with E-state index in [4.69, 9.17) is 0 Å². The first-order valence-corrected chi connectivity index (χ1v) is 7.70. The van der Waals surface area contributed by atoms with E-state index in [-0.39, 0.29) is 0 Å². The van der Waals surface area contributed by atoms with Gasteiger partial charge >= 0.3 is 0 Å². The third-order valence-corrected chi connectivity index (χ3v) is 6.01. The molecule has 4 unspecified atom stereocenters. The third-order valence-electron chi connectivity index (χ3n) is 3.71. The number of rotatable bonds is 8. The average molecular weight is 230 g/mol. The summed E-state index contributed by atoms with van der Waals surface area (Å²) in [7, 11) is 0. The van der Waals surface area contributed by atoms with Crippen LogP contribution in [0.5, 0.6) is 0 Å². The van der Waals surface area contributed by atoms with Crippen molar-refractivity contribution in [2.75, 3.05) is 0 Å². The summed E-state index contributed by atoms with van der Waals surface area (Å²) in [5, 5.41) is 1.74. The zero-order chi connectivity index (χ0) is 11.8. The van der Waals surface area contributed by atoms with Gasteiger partial charge in [0.1, 0.15) is 0 Å². The Bertz CT molecular complexity index is 128. The maximum atomic E-state index is 2.41. The first-order valence-electron chi connectivity index (χ1n) is 6.75. The summed E-state index contributed by atoms with van der Waals surface area (Å²) in [6.45, 7) is 14.1. The van der Waals surface area contributed by atoms with E-state index >= 15 is 0 Å². The Labute approximate surface area is 102 Å². The monoisotopic (exact) mass is 230 g/mol. The topological polar surface area (TPSA) is 0 Å². The van der Waals surface area contributed by atoms with Crippen molar-refractivity contribution >= 4 is 11.8 Å². The van der Waals surface area contributed by atoms with Crippen LogP contribution in [0.1, 0.15) is 67.2 Å². The normalized spacial score (nSPS) is 19.6. The standard InChI is InChI=1S/C14H30S/c1-7-11(5)13(9-3)15-14(10-4)12(6)8-2/h11-14H,7-10H2,1-6H3. The van der Waals surface area contributed by atoms with E-state index in [0.29, 0.717) is 0 Å². The Morgan fingerprint density at radius 3 is 1.20 bits per heavy atom. The molecule has 0 saturated carbocycles. The number of hydrogen-bond acceptors (Lipinski definition) is 1. The van der Waals surface area contributed by atoms with Gasteiger partial charge in [0, 0.05) is 10.5 Å². The van der Waals surface area contributed by atoms with Gasteiger partial charge < -0.3 is 0 Å². The summed E-state index contributed by atoms with van der Waals surface area (Å²) < 4.78 is 0. The minimum absolute atomic E-state index is 0.869. The van der Waals surface area contributed by atoms with E-state index < -0.39 is 0 Å². The lowest BCUT2D eigenvalue weighted by atomic mass is 10.0. The molecule has 0 aliphatic rings. The molecule has 0 bridgehead atoms. The summed E-state index contributed by atoms with van der Waals surface area (Å²) in [6.07, 6.45) is 5.30. The minimum atomic E-state index is 0.869. The SMILES string of the molecule is CCC(C)C(CC)SC(CC)C(C)CC. The van der Waals surface area contributed by atoms with Crippen LogP contribution in [0.15, 0.2) is 0 Å². The predicted octanol–water partition coefficient (Wildman–Crippen LogP) is 5.37. The van der Waals surface area contributed by atoms with Crippen molar-refractivity contribution in [1.29, 1.82) is 0 Å². The molecule has 0 aliphatic carbocycles.